The summed E-state index contributed by atoms with van der Waals surface area (Å²) < 4.78 is 5.53. The van der Waals surface area contributed by atoms with Gasteiger partial charge in [-0.3, -0.25) is 0 Å². The summed E-state index contributed by atoms with van der Waals surface area (Å²) in [5, 5.41) is 17.6. The highest BCUT2D eigenvalue weighted by molar-refractivity contribution is 4.95. The van der Waals surface area contributed by atoms with Crippen LogP contribution < -0.4 is 0 Å². The third-order valence-electron chi connectivity index (χ3n) is 2.68. The SMILES string of the molecule is C=C(CC(C)CCO)OC(=C)CC(C)CCO. The van der Waals surface area contributed by atoms with Crippen molar-refractivity contribution in [2.75, 3.05) is 13.2 Å². The van der Waals surface area contributed by atoms with Gasteiger partial charge in [0.1, 0.15) is 0 Å². The molecule has 0 aromatic rings. The van der Waals surface area contributed by atoms with Gasteiger partial charge in [0.05, 0.1) is 11.5 Å². The minimum Gasteiger partial charge on any atom is -0.467 e. The van der Waals surface area contributed by atoms with Crippen LogP contribution in [0.15, 0.2) is 24.7 Å². The van der Waals surface area contributed by atoms with E-state index in [2.05, 4.69) is 27.0 Å². The normalized spacial score (nSPS) is 14.1. The largest absolute Gasteiger partial charge is 0.467 e. The molecule has 17 heavy (non-hydrogen) atoms. The lowest BCUT2D eigenvalue weighted by Crippen LogP contribution is -2.04. The maximum Gasteiger partial charge on any atom is 0.0966 e. The number of hydrogen-bond donors (Lipinski definition) is 2. The topological polar surface area (TPSA) is 49.7 Å². The van der Waals surface area contributed by atoms with Crippen molar-refractivity contribution < 1.29 is 14.9 Å². The van der Waals surface area contributed by atoms with Gasteiger partial charge < -0.3 is 14.9 Å². The van der Waals surface area contributed by atoms with E-state index in [9.17, 15) is 0 Å². The van der Waals surface area contributed by atoms with Crippen molar-refractivity contribution in [1.82, 2.24) is 0 Å². The molecule has 2 N–H and O–H groups in total. The van der Waals surface area contributed by atoms with Gasteiger partial charge in [-0.2, -0.15) is 0 Å². The van der Waals surface area contributed by atoms with Crippen LogP contribution in [0.1, 0.15) is 39.5 Å². The maximum absolute atomic E-state index is 8.80. The van der Waals surface area contributed by atoms with Crippen LogP contribution in [0.3, 0.4) is 0 Å². The average Bonchev–Trinajstić information content (AvgIpc) is 2.16. The molecular weight excluding hydrogens is 216 g/mol. The highest BCUT2D eigenvalue weighted by atomic mass is 16.5. The number of ether oxygens (including phenoxy) is 1. The van der Waals surface area contributed by atoms with Crippen LogP contribution in [-0.4, -0.2) is 23.4 Å². The van der Waals surface area contributed by atoms with E-state index >= 15 is 0 Å². The lowest BCUT2D eigenvalue weighted by atomic mass is 10.0. The molecule has 0 amide bonds. The van der Waals surface area contributed by atoms with Gasteiger partial charge >= 0.3 is 0 Å². The lowest BCUT2D eigenvalue weighted by molar-refractivity contribution is 0.219. The van der Waals surface area contributed by atoms with Crippen molar-refractivity contribution in [2.45, 2.75) is 39.5 Å². The summed E-state index contributed by atoms with van der Waals surface area (Å²) in [6.07, 6.45) is 3.01. The fraction of sp³-hybridized carbons (Fsp3) is 0.714. The molecular formula is C14H26O3. The molecule has 2 unspecified atom stereocenters. The van der Waals surface area contributed by atoms with Gasteiger partial charge in [-0.15, -0.1) is 0 Å². The molecule has 0 saturated heterocycles. The highest BCUT2D eigenvalue weighted by Gasteiger charge is 2.09. The van der Waals surface area contributed by atoms with Crippen LogP contribution in [0.5, 0.6) is 0 Å². The number of aliphatic hydroxyl groups is 2. The Bertz CT molecular complexity index is 212. The van der Waals surface area contributed by atoms with Crippen LogP contribution in [0.2, 0.25) is 0 Å². The Labute approximate surface area is 105 Å². The second kappa shape index (κ2) is 9.25. The second-order valence-electron chi connectivity index (χ2n) is 4.82. The molecule has 0 saturated carbocycles. The van der Waals surface area contributed by atoms with Crippen molar-refractivity contribution in [3.8, 4) is 0 Å². The average molecular weight is 242 g/mol. The van der Waals surface area contributed by atoms with Gasteiger partial charge in [0.2, 0.25) is 0 Å². The van der Waals surface area contributed by atoms with E-state index in [0.29, 0.717) is 23.4 Å². The fourth-order valence-electron chi connectivity index (χ4n) is 1.71. The molecule has 0 aromatic heterocycles. The molecule has 3 nitrogen and oxygen atoms in total. The number of aliphatic hydroxyl groups excluding tert-OH is 2. The number of rotatable bonds is 10. The van der Waals surface area contributed by atoms with Gasteiger partial charge in [0.15, 0.2) is 0 Å². The third kappa shape index (κ3) is 8.95. The summed E-state index contributed by atoms with van der Waals surface area (Å²) in [6.45, 7) is 12.2. The molecule has 0 aromatic carbocycles. The Morgan fingerprint density at radius 2 is 1.29 bits per heavy atom. The standard InChI is InChI=1S/C14H26O3/c1-11(5-7-15)9-13(3)17-14(4)10-12(2)6-8-16/h11-12,15-16H,3-10H2,1-2H3. The molecule has 2 atom stereocenters. The lowest BCUT2D eigenvalue weighted by Gasteiger charge is -2.17. The molecule has 0 fully saturated rings. The number of allylic oxidation sites excluding steroid dienone is 2. The highest BCUT2D eigenvalue weighted by Crippen LogP contribution is 2.20. The Hall–Kier alpha value is -0.800. The molecule has 100 valence electrons. The predicted molar refractivity (Wildman–Crippen MR) is 70.3 cm³/mol. The van der Waals surface area contributed by atoms with E-state index in [0.717, 1.165) is 25.7 Å². The number of hydrogen-bond acceptors (Lipinski definition) is 3. The third-order valence-corrected chi connectivity index (χ3v) is 2.68. The van der Waals surface area contributed by atoms with Crippen molar-refractivity contribution in [3.63, 3.8) is 0 Å². The molecule has 0 spiro atoms. The van der Waals surface area contributed by atoms with Gasteiger partial charge in [-0.1, -0.05) is 27.0 Å². The minimum absolute atomic E-state index is 0.197. The molecule has 0 aliphatic rings. The van der Waals surface area contributed by atoms with Crippen LogP contribution >= 0.6 is 0 Å². The smallest absolute Gasteiger partial charge is 0.0966 e. The summed E-state index contributed by atoms with van der Waals surface area (Å²) in [7, 11) is 0. The quantitative estimate of drug-likeness (QED) is 0.579. The van der Waals surface area contributed by atoms with E-state index in [1.165, 1.54) is 0 Å². The summed E-state index contributed by atoms with van der Waals surface area (Å²) >= 11 is 0. The van der Waals surface area contributed by atoms with Gasteiger partial charge in [-0.05, 0) is 24.7 Å². The van der Waals surface area contributed by atoms with Crippen LogP contribution in [-0.2, 0) is 4.74 Å². The first kappa shape index (κ1) is 16.2. The first-order valence-corrected chi connectivity index (χ1v) is 6.24. The van der Waals surface area contributed by atoms with Crippen LogP contribution in [0.25, 0.3) is 0 Å². The van der Waals surface area contributed by atoms with E-state index in [1.54, 1.807) is 0 Å². The van der Waals surface area contributed by atoms with Crippen molar-refractivity contribution in [2.24, 2.45) is 11.8 Å². The first-order chi connectivity index (χ1) is 7.99. The zero-order chi connectivity index (χ0) is 13.3. The Morgan fingerprint density at radius 1 is 0.941 bits per heavy atom. The summed E-state index contributed by atoms with van der Waals surface area (Å²) in [6, 6.07) is 0. The Kier molecular flexibility index (Phi) is 8.82. The monoisotopic (exact) mass is 242 g/mol. The minimum atomic E-state index is 0.197. The molecule has 0 radical (unpaired) electrons. The molecule has 3 heteroatoms. The molecule has 0 bridgehead atoms. The Balaban J connectivity index is 3.83. The van der Waals surface area contributed by atoms with Crippen molar-refractivity contribution >= 4 is 0 Å². The molecule has 0 rings (SSSR count). The first-order valence-electron chi connectivity index (χ1n) is 6.24. The zero-order valence-electron chi connectivity index (χ0n) is 11.1. The van der Waals surface area contributed by atoms with Crippen molar-refractivity contribution in [1.29, 1.82) is 0 Å². The molecule has 0 heterocycles. The van der Waals surface area contributed by atoms with Gasteiger partial charge in [0, 0.05) is 26.1 Å². The molecule has 0 aliphatic heterocycles. The summed E-state index contributed by atoms with van der Waals surface area (Å²) in [4.78, 5) is 0. The van der Waals surface area contributed by atoms with Gasteiger partial charge in [-0.25, -0.2) is 0 Å². The van der Waals surface area contributed by atoms with E-state index in [-0.39, 0.29) is 13.2 Å². The maximum atomic E-state index is 8.80. The summed E-state index contributed by atoms with van der Waals surface area (Å²) in [5.41, 5.74) is 0. The van der Waals surface area contributed by atoms with Crippen molar-refractivity contribution in [3.05, 3.63) is 24.7 Å². The predicted octanol–water partition coefficient (Wildman–Crippen LogP) is 2.85. The second-order valence-corrected chi connectivity index (χ2v) is 4.82. The van der Waals surface area contributed by atoms with Gasteiger partial charge in [0.25, 0.3) is 0 Å². The fourth-order valence-corrected chi connectivity index (χ4v) is 1.71. The van der Waals surface area contributed by atoms with E-state index < -0.39 is 0 Å². The zero-order valence-corrected chi connectivity index (χ0v) is 11.1. The van der Waals surface area contributed by atoms with E-state index in [4.69, 9.17) is 14.9 Å². The van der Waals surface area contributed by atoms with E-state index in [1.807, 2.05) is 0 Å². The van der Waals surface area contributed by atoms with Crippen LogP contribution in [0.4, 0.5) is 0 Å². The van der Waals surface area contributed by atoms with Crippen LogP contribution in [0, 0.1) is 11.8 Å². The molecule has 0 aliphatic carbocycles. The Morgan fingerprint density at radius 3 is 1.59 bits per heavy atom. The summed E-state index contributed by atoms with van der Waals surface area (Å²) in [5.74, 6) is 2.14.